The second-order valence-corrected chi connectivity index (χ2v) is 6.27. The lowest BCUT2D eigenvalue weighted by Crippen LogP contribution is -2.39. The summed E-state index contributed by atoms with van der Waals surface area (Å²) in [6.45, 7) is 1.71. The normalized spacial score (nSPS) is 10.7. The van der Waals surface area contributed by atoms with Crippen molar-refractivity contribution in [3.05, 3.63) is 59.1 Å². The second-order valence-electron chi connectivity index (χ2n) is 5.84. The number of phenols is 1. The predicted molar refractivity (Wildman–Crippen MR) is 97.5 cm³/mol. The molecule has 6 heteroatoms. The van der Waals surface area contributed by atoms with Crippen LogP contribution in [0.15, 0.2) is 48.5 Å². The van der Waals surface area contributed by atoms with Gasteiger partial charge in [-0.2, -0.15) is 0 Å². The van der Waals surface area contributed by atoms with E-state index in [1.54, 1.807) is 47.4 Å². The maximum Gasteiger partial charge on any atom is 0.322 e. The molecule has 0 aliphatic heterocycles. The average Bonchev–Trinajstić information content (AvgIpc) is 2.51. The number of urea groups is 1. The van der Waals surface area contributed by atoms with Crippen LogP contribution < -0.4 is 5.32 Å². The predicted octanol–water partition coefficient (Wildman–Crippen LogP) is 3.64. The lowest BCUT2D eigenvalue weighted by atomic mass is 10.2. The van der Waals surface area contributed by atoms with Crippen molar-refractivity contribution in [1.82, 2.24) is 9.80 Å². The minimum atomic E-state index is -0.206. The summed E-state index contributed by atoms with van der Waals surface area (Å²) >= 11 is 5.96. The molecule has 0 aromatic heterocycles. The van der Waals surface area contributed by atoms with Crippen LogP contribution in [0.2, 0.25) is 5.02 Å². The molecule has 0 atom stereocenters. The molecular formula is C18H22ClN3O2. The zero-order valence-corrected chi connectivity index (χ0v) is 14.6. The van der Waals surface area contributed by atoms with E-state index < -0.39 is 0 Å². The minimum absolute atomic E-state index is 0.190. The molecule has 0 unspecified atom stereocenters. The monoisotopic (exact) mass is 347 g/mol. The molecule has 24 heavy (non-hydrogen) atoms. The Bertz CT molecular complexity index is 691. The molecule has 0 fully saturated rings. The summed E-state index contributed by atoms with van der Waals surface area (Å²) in [6.07, 6.45) is 0. The number of carbonyl (C=O) groups is 1. The average molecular weight is 348 g/mol. The molecule has 2 rings (SSSR count). The Morgan fingerprint density at radius 3 is 2.54 bits per heavy atom. The number of nitrogens with zero attached hydrogens (tertiary/aromatic N) is 2. The molecule has 0 bridgehead atoms. The smallest absolute Gasteiger partial charge is 0.322 e. The summed E-state index contributed by atoms with van der Waals surface area (Å²) in [5.41, 5.74) is 1.52. The van der Waals surface area contributed by atoms with Gasteiger partial charge in [0.25, 0.3) is 0 Å². The third-order valence-corrected chi connectivity index (χ3v) is 3.70. The highest BCUT2D eigenvalue weighted by molar-refractivity contribution is 6.30. The highest BCUT2D eigenvalue weighted by atomic mass is 35.5. The Hall–Kier alpha value is -2.24. The summed E-state index contributed by atoms with van der Waals surface area (Å²) in [7, 11) is 3.92. The fraction of sp³-hybridized carbons (Fsp3) is 0.278. The summed E-state index contributed by atoms with van der Waals surface area (Å²) in [4.78, 5) is 16.3. The fourth-order valence-electron chi connectivity index (χ4n) is 2.22. The van der Waals surface area contributed by atoms with Crippen LogP contribution in [0.1, 0.15) is 5.56 Å². The number of hydrogen-bond acceptors (Lipinski definition) is 3. The van der Waals surface area contributed by atoms with E-state index in [0.29, 0.717) is 23.8 Å². The van der Waals surface area contributed by atoms with Gasteiger partial charge in [-0.05, 0) is 50.0 Å². The SMILES string of the molecule is CN(C)CCN(Cc1cccc(O)c1)C(=O)Nc1cccc(Cl)c1. The Morgan fingerprint density at radius 1 is 1.12 bits per heavy atom. The Kier molecular flexibility index (Phi) is 6.46. The molecule has 128 valence electrons. The third-order valence-electron chi connectivity index (χ3n) is 3.46. The van der Waals surface area contributed by atoms with Crippen LogP contribution in [-0.2, 0) is 6.54 Å². The first-order valence-corrected chi connectivity index (χ1v) is 8.06. The maximum absolute atomic E-state index is 12.6. The first kappa shape index (κ1) is 18.1. The molecule has 2 amide bonds. The second kappa shape index (κ2) is 8.57. The topological polar surface area (TPSA) is 55.8 Å². The molecule has 0 saturated carbocycles. The van der Waals surface area contributed by atoms with E-state index >= 15 is 0 Å². The number of halogens is 1. The standard InChI is InChI=1S/C18H22ClN3O2/c1-21(2)9-10-22(13-14-5-3-8-17(23)11-14)18(24)20-16-7-4-6-15(19)12-16/h3-8,11-12,23H,9-10,13H2,1-2H3,(H,20,24). The number of nitrogens with one attached hydrogen (secondary N) is 1. The van der Waals surface area contributed by atoms with E-state index in [4.69, 9.17) is 11.6 Å². The number of amides is 2. The largest absolute Gasteiger partial charge is 0.508 e. The number of hydrogen-bond donors (Lipinski definition) is 2. The number of anilines is 1. The van der Waals surface area contributed by atoms with Gasteiger partial charge in [-0.3, -0.25) is 0 Å². The van der Waals surface area contributed by atoms with Gasteiger partial charge < -0.3 is 20.2 Å². The fourth-order valence-corrected chi connectivity index (χ4v) is 2.41. The van der Waals surface area contributed by atoms with Gasteiger partial charge >= 0.3 is 6.03 Å². The van der Waals surface area contributed by atoms with Crippen LogP contribution in [0.4, 0.5) is 10.5 Å². The van der Waals surface area contributed by atoms with Crippen molar-refractivity contribution in [3.63, 3.8) is 0 Å². The molecule has 2 aromatic carbocycles. The molecule has 5 nitrogen and oxygen atoms in total. The van der Waals surface area contributed by atoms with Crippen molar-refractivity contribution in [2.45, 2.75) is 6.54 Å². The van der Waals surface area contributed by atoms with Crippen LogP contribution in [0.3, 0.4) is 0 Å². The highest BCUT2D eigenvalue weighted by Crippen LogP contribution is 2.17. The molecule has 0 spiro atoms. The first-order valence-electron chi connectivity index (χ1n) is 7.68. The van der Waals surface area contributed by atoms with Gasteiger partial charge in [-0.1, -0.05) is 29.8 Å². The minimum Gasteiger partial charge on any atom is -0.508 e. The summed E-state index contributed by atoms with van der Waals surface area (Å²) in [5, 5.41) is 13.0. The molecular weight excluding hydrogens is 326 g/mol. The molecule has 2 aromatic rings. The number of carbonyl (C=O) groups excluding carboxylic acids is 1. The van der Waals surface area contributed by atoms with Crippen molar-refractivity contribution in [3.8, 4) is 5.75 Å². The summed E-state index contributed by atoms with van der Waals surface area (Å²) in [5.74, 6) is 0.190. The van der Waals surface area contributed by atoms with Crippen molar-refractivity contribution < 1.29 is 9.90 Å². The van der Waals surface area contributed by atoms with Gasteiger partial charge in [-0.25, -0.2) is 4.79 Å². The number of aromatic hydroxyl groups is 1. The van der Waals surface area contributed by atoms with Gasteiger partial charge in [0.2, 0.25) is 0 Å². The molecule has 2 N–H and O–H groups in total. The maximum atomic E-state index is 12.6. The summed E-state index contributed by atoms with van der Waals surface area (Å²) < 4.78 is 0. The van der Waals surface area contributed by atoms with Crippen LogP contribution in [-0.4, -0.2) is 48.1 Å². The Balaban J connectivity index is 2.10. The van der Waals surface area contributed by atoms with Gasteiger partial charge in [0.1, 0.15) is 5.75 Å². The lowest BCUT2D eigenvalue weighted by molar-refractivity contribution is 0.202. The van der Waals surface area contributed by atoms with Gasteiger partial charge in [0, 0.05) is 30.3 Å². The quantitative estimate of drug-likeness (QED) is 0.838. The van der Waals surface area contributed by atoms with Crippen molar-refractivity contribution in [2.24, 2.45) is 0 Å². The van der Waals surface area contributed by atoms with E-state index in [1.165, 1.54) is 0 Å². The van der Waals surface area contributed by atoms with E-state index in [1.807, 2.05) is 25.1 Å². The van der Waals surface area contributed by atoms with Crippen molar-refractivity contribution in [1.29, 1.82) is 0 Å². The van der Waals surface area contributed by atoms with Crippen LogP contribution in [0.5, 0.6) is 5.75 Å². The van der Waals surface area contributed by atoms with Crippen molar-refractivity contribution in [2.75, 3.05) is 32.5 Å². The molecule has 0 radical (unpaired) electrons. The van der Waals surface area contributed by atoms with E-state index in [9.17, 15) is 9.90 Å². The summed E-state index contributed by atoms with van der Waals surface area (Å²) in [6, 6.07) is 13.8. The third kappa shape index (κ3) is 5.76. The number of phenolic OH excluding ortho intramolecular Hbond substituents is 1. The molecule has 0 aliphatic carbocycles. The van der Waals surface area contributed by atoms with E-state index in [2.05, 4.69) is 5.32 Å². The molecule has 0 aliphatic rings. The number of rotatable bonds is 6. The van der Waals surface area contributed by atoms with Gasteiger partial charge in [0.05, 0.1) is 0 Å². The molecule has 0 heterocycles. The number of likely N-dealkylation sites (N-methyl/N-ethyl adjacent to an activating group) is 1. The van der Waals surface area contributed by atoms with E-state index in [0.717, 1.165) is 12.1 Å². The zero-order valence-electron chi connectivity index (χ0n) is 13.9. The zero-order chi connectivity index (χ0) is 17.5. The van der Waals surface area contributed by atoms with Gasteiger partial charge in [-0.15, -0.1) is 0 Å². The van der Waals surface area contributed by atoms with Crippen LogP contribution in [0, 0.1) is 0 Å². The van der Waals surface area contributed by atoms with Crippen LogP contribution >= 0.6 is 11.6 Å². The number of benzene rings is 2. The highest BCUT2D eigenvalue weighted by Gasteiger charge is 2.15. The van der Waals surface area contributed by atoms with Crippen molar-refractivity contribution >= 4 is 23.3 Å². The van der Waals surface area contributed by atoms with Gasteiger partial charge in [0.15, 0.2) is 0 Å². The Morgan fingerprint density at radius 2 is 1.88 bits per heavy atom. The van der Waals surface area contributed by atoms with Crippen LogP contribution in [0.25, 0.3) is 0 Å². The molecule has 0 saturated heterocycles. The Labute approximate surface area is 147 Å². The van der Waals surface area contributed by atoms with E-state index in [-0.39, 0.29) is 11.8 Å². The lowest BCUT2D eigenvalue weighted by Gasteiger charge is -2.25. The first-order chi connectivity index (χ1) is 11.4.